The summed E-state index contributed by atoms with van der Waals surface area (Å²) in [5.74, 6) is 0.868. The molecule has 1 aliphatic rings. The van der Waals surface area contributed by atoms with E-state index in [0.717, 1.165) is 35.9 Å². The molecule has 1 atom stereocenters. The van der Waals surface area contributed by atoms with Crippen LogP contribution in [-0.4, -0.2) is 57.2 Å². The summed E-state index contributed by atoms with van der Waals surface area (Å²) < 4.78 is 9.63. The van der Waals surface area contributed by atoms with Crippen molar-refractivity contribution in [2.24, 2.45) is 12.0 Å². The highest BCUT2D eigenvalue weighted by Crippen LogP contribution is 2.22. The largest absolute Gasteiger partial charge is 0.370 e. The first-order chi connectivity index (χ1) is 13.7. The molecule has 0 saturated carbocycles. The van der Waals surface area contributed by atoms with E-state index in [-0.39, 0.29) is 6.10 Å². The van der Waals surface area contributed by atoms with Crippen molar-refractivity contribution in [1.29, 1.82) is 0 Å². The fourth-order valence-corrected chi connectivity index (χ4v) is 3.45. The molecule has 1 aromatic carbocycles. The Morgan fingerprint density at radius 1 is 1.29 bits per heavy atom. The first-order valence-electron chi connectivity index (χ1n) is 9.38. The van der Waals surface area contributed by atoms with Crippen LogP contribution in [0.15, 0.2) is 60.1 Å². The first kappa shape index (κ1) is 18.2. The van der Waals surface area contributed by atoms with Crippen LogP contribution in [-0.2, 0) is 18.3 Å². The second-order valence-corrected chi connectivity index (χ2v) is 6.73. The van der Waals surface area contributed by atoms with Gasteiger partial charge < -0.3 is 15.0 Å². The third kappa shape index (κ3) is 3.91. The van der Waals surface area contributed by atoms with Crippen LogP contribution in [0.25, 0.3) is 5.69 Å². The molecule has 1 aliphatic heterocycles. The Balaban J connectivity index is 1.44. The maximum absolute atomic E-state index is 5.94. The van der Waals surface area contributed by atoms with Crippen molar-refractivity contribution in [3.05, 3.63) is 66.2 Å². The van der Waals surface area contributed by atoms with Gasteiger partial charge in [-0.15, -0.1) is 0 Å². The quantitative estimate of drug-likeness (QED) is 0.552. The number of benzene rings is 1. The number of aliphatic imine (C=N–C) groups is 1. The van der Waals surface area contributed by atoms with E-state index in [1.165, 1.54) is 0 Å². The van der Waals surface area contributed by atoms with Crippen molar-refractivity contribution in [1.82, 2.24) is 29.8 Å². The lowest BCUT2D eigenvalue weighted by molar-refractivity contribution is -0.00805. The van der Waals surface area contributed by atoms with Crippen LogP contribution in [0.1, 0.15) is 17.2 Å². The number of guanidine groups is 1. The number of aromatic nitrogens is 4. The summed E-state index contributed by atoms with van der Waals surface area (Å²) in [6, 6.07) is 10.2. The molecule has 0 bridgehead atoms. The number of hydrogen-bond donors (Lipinski definition) is 1. The highest BCUT2D eigenvalue weighted by atomic mass is 16.5. The minimum absolute atomic E-state index is 0.00244. The maximum atomic E-state index is 5.94. The molecule has 1 saturated heterocycles. The molecule has 0 amide bonds. The van der Waals surface area contributed by atoms with E-state index in [9.17, 15) is 0 Å². The number of nitrogens with one attached hydrogen (secondary N) is 1. The standard InChI is InChI=1S/C20H25N7O/c1-21-20(26-10-11-28-19(15-26)17-13-24-25(2)14-17)22-12-16-6-3-4-7-18(16)27-9-5-8-23-27/h3-9,13-14,19H,10-12,15H2,1-2H3,(H,21,22). The molecule has 3 heterocycles. The summed E-state index contributed by atoms with van der Waals surface area (Å²) in [6.07, 6.45) is 7.61. The Kier molecular flexibility index (Phi) is 5.38. The second kappa shape index (κ2) is 8.26. The van der Waals surface area contributed by atoms with Gasteiger partial charge in [-0.3, -0.25) is 9.67 Å². The molecule has 8 heteroatoms. The Morgan fingerprint density at radius 2 is 2.18 bits per heavy atom. The van der Waals surface area contributed by atoms with Crippen LogP contribution in [0.2, 0.25) is 0 Å². The average Bonchev–Trinajstić information content (AvgIpc) is 3.41. The fourth-order valence-electron chi connectivity index (χ4n) is 3.45. The second-order valence-electron chi connectivity index (χ2n) is 6.73. The molecule has 1 fully saturated rings. The van der Waals surface area contributed by atoms with Crippen LogP contribution in [0, 0.1) is 0 Å². The van der Waals surface area contributed by atoms with Gasteiger partial charge >= 0.3 is 0 Å². The van der Waals surface area contributed by atoms with Crippen molar-refractivity contribution >= 4 is 5.96 Å². The SMILES string of the molecule is CN=C(NCc1ccccc1-n1cccn1)N1CCOC(c2cnn(C)c2)C1. The van der Waals surface area contributed by atoms with Gasteiger partial charge in [-0.05, 0) is 17.7 Å². The van der Waals surface area contributed by atoms with Crippen LogP contribution in [0.4, 0.5) is 0 Å². The van der Waals surface area contributed by atoms with Crippen molar-refractivity contribution < 1.29 is 4.74 Å². The van der Waals surface area contributed by atoms with Crippen molar-refractivity contribution in [2.75, 3.05) is 26.7 Å². The number of aryl methyl sites for hydroxylation is 1. The van der Waals surface area contributed by atoms with E-state index in [1.54, 1.807) is 10.9 Å². The summed E-state index contributed by atoms with van der Waals surface area (Å²) >= 11 is 0. The molecule has 28 heavy (non-hydrogen) atoms. The van der Waals surface area contributed by atoms with Crippen LogP contribution < -0.4 is 5.32 Å². The van der Waals surface area contributed by atoms with E-state index in [1.807, 2.05) is 55.6 Å². The molecule has 4 rings (SSSR count). The van der Waals surface area contributed by atoms with E-state index in [2.05, 4.69) is 37.5 Å². The molecule has 0 spiro atoms. The lowest BCUT2D eigenvalue weighted by Crippen LogP contribution is -2.48. The molecule has 8 nitrogen and oxygen atoms in total. The van der Waals surface area contributed by atoms with Gasteiger partial charge in [0.2, 0.25) is 0 Å². The van der Waals surface area contributed by atoms with E-state index < -0.39 is 0 Å². The highest BCUT2D eigenvalue weighted by molar-refractivity contribution is 5.80. The predicted molar refractivity (Wildman–Crippen MR) is 107 cm³/mol. The highest BCUT2D eigenvalue weighted by Gasteiger charge is 2.25. The van der Waals surface area contributed by atoms with Crippen LogP contribution >= 0.6 is 0 Å². The van der Waals surface area contributed by atoms with Gasteiger partial charge in [-0.1, -0.05) is 18.2 Å². The number of morpholine rings is 1. The smallest absolute Gasteiger partial charge is 0.194 e. The summed E-state index contributed by atoms with van der Waals surface area (Å²) in [6.45, 7) is 2.87. The zero-order valence-corrected chi connectivity index (χ0v) is 16.2. The topological polar surface area (TPSA) is 72.5 Å². The fraction of sp³-hybridized carbons (Fsp3) is 0.350. The summed E-state index contributed by atoms with van der Waals surface area (Å²) in [5.41, 5.74) is 3.31. The maximum Gasteiger partial charge on any atom is 0.194 e. The molecule has 1 N–H and O–H groups in total. The van der Waals surface area contributed by atoms with E-state index >= 15 is 0 Å². The van der Waals surface area contributed by atoms with Crippen molar-refractivity contribution in [3.8, 4) is 5.69 Å². The third-order valence-corrected chi connectivity index (χ3v) is 4.85. The minimum Gasteiger partial charge on any atom is -0.370 e. The Labute approximate surface area is 164 Å². The molecule has 1 unspecified atom stereocenters. The lowest BCUT2D eigenvalue weighted by Gasteiger charge is -2.34. The lowest BCUT2D eigenvalue weighted by atomic mass is 10.1. The third-order valence-electron chi connectivity index (χ3n) is 4.85. The van der Waals surface area contributed by atoms with Gasteiger partial charge in [-0.25, -0.2) is 4.68 Å². The average molecular weight is 379 g/mol. The minimum atomic E-state index is -0.00244. The number of ether oxygens (including phenoxy) is 1. The summed E-state index contributed by atoms with van der Waals surface area (Å²) in [4.78, 5) is 6.72. The van der Waals surface area contributed by atoms with Crippen molar-refractivity contribution in [2.45, 2.75) is 12.6 Å². The van der Waals surface area contributed by atoms with Crippen LogP contribution in [0.5, 0.6) is 0 Å². The number of para-hydroxylation sites is 1. The molecule has 3 aromatic rings. The van der Waals surface area contributed by atoms with Gasteiger partial charge in [0.25, 0.3) is 0 Å². The van der Waals surface area contributed by atoms with Gasteiger partial charge in [0.05, 0.1) is 25.0 Å². The Bertz CT molecular complexity index is 932. The molecule has 0 radical (unpaired) electrons. The molecular formula is C20H25N7O. The summed E-state index contributed by atoms with van der Waals surface area (Å²) in [5, 5.41) is 12.1. The zero-order valence-electron chi connectivity index (χ0n) is 16.2. The Hall–Kier alpha value is -3.13. The molecule has 2 aromatic heterocycles. The van der Waals surface area contributed by atoms with Gasteiger partial charge in [-0.2, -0.15) is 10.2 Å². The molecular weight excluding hydrogens is 354 g/mol. The number of hydrogen-bond acceptors (Lipinski definition) is 4. The predicted octanol–water partition coefficient (Wildman–Crippen LogP) is 1.75. The normalized spacial score (nSPS) is 17.7. The van der Waals surface area contributed by atoms with E-state index in [0.29, 0.717) is 13.2 Å². The summed E-state index contributed by atoms with van der Waals surface area (Å²) in [7, 11) is 3.73. The zero-order chi connectivity index (χ0) is 19.3. The number of nitrogens with zero attached hydrogens (tertiary/aromatic N) is 6. The van der Waals surface area contributed by atoms with Gasteiger partial charge in [0, 0.05) is 51.3 Å². The molecule has 146 valence electrons. The first-order valence-corrected chi connectivity index (χ1v) is 9.38. The van der Waals surface area contributed by atoms with Gasteiger partial charge in [0.15, 0.2) is 5.96 Å². The number of rotatable bonds is 4. The molecule has 0 aliphatic carbocycles. The van der Waals surface area contributed by atoms with Crippen LogP contribution in [0.3, 0.4) is 0 Å². The van der Waals surface area contributed by atoms with Crippen molar-refractivity contribution in [3.63, 3.8) is 0 Å². The van der Waals surface area contributed by atoms with E-state index in [4.69, 9.17) is 4.74 Å². The monoisotopic (exact) mass is 379 g/mol. The Morgan fingerprint density at radius 3 is 2.93 bits per heavy atom. The van der Waals surface area contributed by atoms with Gasteiger partial charge in [0.1, 0.15) is 6.10 Å².